The summed E-state index contributed by atoms with van der Waals surface area (Å²) in [6, 6.07) is 13.9. The number of carbonyl (C=O) groups excluding carboxylic acids is 1. The summed E-state index contributed by atoms with van der Waals surface area (Å²) >= 11 is 3.51. The molecule has 6 nitrogen and oxygen atoms in total. The Hall–Kier alpha value is -3.03. The maximum Gasteiger partial charge on any atom is 0.340 e. The summed E-state index contributed by atoms with van der Waals surface area (Å²) in [4.78, 5) is 29.6. The highest BCUT2D eigenvalue weighted by atomic mass is 79.9. The van der Waals surface area contributed by atoms with E-state index in [2.05, 4.69) is 34.1 Å². The zero-order chi connectivity index (χ0) is 21.9. The lowest BCUT2D eigenvalue weighted by Crippen LogP contribution is -2.32. The van der Waals surface area contributed by atoms with Crippen molar-refractivity contribution in [3.8, 4) is 11.4 Å². The molecule has 4 aromatic rings. The van der Waals surface area contributed by atoms with Gasteiger partial charge in [-0.1, -0.05) is 41.9 Å². The Labute approximate surface area is 186 Å². The van der Waals surface area contributed by atoms with Crippen molar-refractivity contribution in [2.45, 2.75) is 33.1 Å². The molecule has 2 aliphatic rings. The van der Waals surface area contributed by atoms with E-state index in [1.54, 1.807) is 10.6 Å². The standard InChI is InChI=1S/C22H13BrN2O4.C2H6/c23-12-2-3-13-10(5-12)1-4-17-14(13)6-11-8-25-18(19(11)24-17)7-15-16(21(25)27)9-29-22(28)20(15)26;1-2/h1-7,20,26H,8-9H2;1-2H3. The molecule has 2 aromatic heterocycles. The lowest BCUT2D eigenvalue weighted by Gasteiger charge is -2.21. The fourth-order valence-corrected chi connectivity index (χ4v) is 4.69. The van der Waals surface area contributed by atoms with E-state index < -0.39 is 12.1 Å². The van der Waals surface area contributed by atoms with Crippen LogP contribution in [-0.2, 0) is 22.7 Å². The van der Waals surface area contributed by atoms with Crippen LogP contribution in [0.3, 0.4) is 0 Å². The Morgan fingerprint density at radius 2 is 1.90 bits per heavy atom. The third kappa shape index (κ3) is 2.91. The van der Waals surface area contributed by atoms with Gasteiger partial charge in [0.2, 0.25) is 0 Å². The number of halogens is 1. The SMILES string of the molecule is CC.O=C1OCc2c(cc3n(c2=O)Cc2cc4c(ccc5cc(Br)ccc54)nc2-3)C1O. The fraction of sp³-hybridized carbons (Fsp3) is 0.208. The number of nitrogens with zero attached hydrogens (tertiary/aromatic N) is 2. The molecule has 1 unspecified atom stereocenters. The van der Waals surface area contributed by atoms with Gasteiger partial charge in [-0.2, -0.15) is 0 Å². The van der Waals surface area contributed by atoms with E-state index in [0.29, 0.717) is 29.1 Å². The van der Waals surface area contributed by atoms with E-state index in [4.69, 9.17) is 9.72 Å². The van der Waals surface area contributed by atoms with Crippen LogP contribution in [0.4, 0.5) is 0 Å². The number of esters is 1. The van der Waals surface area contributed by atoms with Gasteiger partial charge in [-0.3, -0.25) is 4.79 Å². The van der Waals surface area contributed by atoms with E-state index in [0.717, 1.165) is 31.7 Å². The molecule has 156 valence electrons. The van der Waals surface area contributed by atoms with Crippen LogP contribution in [0.2, 0.25) is 0 Å². The molecular weight excluding hydrogens is 460 g/mol. The number of cyclic esters (lactones) is 1. The summed E-state index contributed by atoms with van der Waals surface area (Å²) in [5.41, 5.74) is 3.49. The highest BCUT2D eigenvalue weighted by molar-refractivity contribution is 9.10. The van der Waals surface area contributed by atoms with Crippen molar-refractivity contribution in [1.82, 2.24) is 9.55 Å². The van der Waals surface area contributed by atoms with Crippen LogP contribution in [0, 0.1) is 0 Å². The highest BCUT2D eigenvalue weighted by Crippen LogP contribution is 2.37. The number of fused-ring (bicyclic) bond motifs is 7. The molecule has 4 heterocycles. The Morgan fingerprint density at radius 3 is 2.71 bits per heavy atom. The van der Waals surface area contributed by atoms with Gasteiger partial charge in [0, 0.05) is 21.0 Å². The molecule has 0 fully saturated rings. The van der Waals surface area contributed by atoms with E-state index in [9.17, 15) is 14.7 Å². The molecule has 0 radical (unpaired) electrons. The molecule has 2 aromatic carbocycles. The van der Waals surface area contributed by atoms with Crippen LogP contribution in [0.25, 0.3) is 33.1 Å². The van der Waals surface area contributed by atoms with Crippen LogP contribution < -0.4 is 5.56 Å². The summed E-state index contributed by atoms with van der Waals surface area (Å²) in [5.74, 6) is -0.732. The van der Waals surface area contributed by atoms with Gasteiger partial charge in [-0.15, -0.1) is 0 Å². The second-order valence-corrected chi connectivity index (χ2v) is 8.27. The molecule has 7 heteroatoms. The molecule has 0 saturated carbocycles. The van der Waals surface area contributed by atoms with Gasteiger partial charge in [0.25, 0.3) is 5.56 Å². The average molecular weight is 479 g/mol. The minimum Gasteiger partial charge on any atom is -0.458 e. The highest BCUT2D eigenvalue weighted by Gasteiger charge is 2.33. The normalized spacial score (nSPS) is 16.3. The van der Waals surface area contributed by atoms with Gasteiger partial charge in [-0.25, -0.2) is 9.78 Å². The maximum absolute atomic E-state index is 13.0. The van der Waals surface area contributed by atoms with Crippen LogP contribution in [0.15, 0.2) is 51.7 Å². The van der Waals surface area contributed by atoms with Crippen LogP contribution in [0.1, 0.15) is 36.6 Å². The van der Waals surface area contributed by atoms with Crippen molar-refractivity contribution in [3.05, 3.63) is 74.0 Å². The van der Waals surface area contributed by atoms with Crippen LogP contribution in [0.5, 0.6) is 0 Å². The van der Waals surface area contributed by atoms with Gasteiger partial charge in [0.05, 0.1) is 29.0 Å². The number of hydrogen-bond acceptors (Lipinski definition) is 5. The Morgan fingerprint density at radius 1 is 1.10 bits per heavy atom. The van der Waals surface area contributed by atoms with E-state index in [1.807, 2.05) is 32.0 Å². The van der Waals surface area contributed by atoms with Crippen molar-refractivity contribution >= 4 is 43.6 Å². The summed E-state index contributed by atoms with van der Waals surface area (Å²) in [5, 5.41) is 13.4. The first-order valence-electron chi connectivity index (χ1n) is 10.1. The number of rotatable bonds is 0. The summed E-state index contributed by atoms with van der Waals surface area (Å²) < 4.78 is 7.58. The largest absolute Gasteiger partial charge is 0.458 e. The molecule has 0 amide bonds. The Balaban J connectivity index is 0.000000994. The number of ether oxygens (including phenoxy) is 1. The van der Waals surface area contributed by atoms with Gasteiger partial charge in [-0.05, 0) is 41.1 Å². The summed E-state index contributed by atoms with van der Waals surface area (Å²) in [6.45, 7) is 4.28. The Kier molecular flexibility index (Phi) is 4.68. The van der Waals surface area contributed by atoms with Crippen molar-refractivity contribution in [2.24, 2.45) is 0 Å². The molecule has 0 spiro atoms. The first-order chi connectivity index (χ1) is 15.0. The lowest BCUT2D eigenvalue weighted by molar-refractivity contribution is -0.157. The van der Waals surface area contributed by atoms with Crippen molar-refractivity contribution in [1.29, 1.82) is 0 Å². The molecule has 1 N–H and O–H groups in total. The second-order valence-electron chi connectivity index (χ2n) is 7.36. The molecule has 0 aliphatic carbocycles. The Bertz CT molecular complexity index is 1460. The topological polar surface area (TPSA) is 81.4 Å². The molecule has 6 rings (SSSR count). The summed E-state index contributed by atoms with van der Waals surface area (Å²) in [6.07, 6.45) is -1.44. The predicted molar refractivity (Wildman–Crippen MR) is 122 cm³/mol. The minimum atomic E-state index is -1.44. The number of aromatic nitrogens is 2. The van der Waals surface area contributed by atoms with Crippen LogP contribution >= 0.6 is 15.9 Å². The van der Waals surface area contributed by atoms with E-state index in [-0.39, 0.29) is 12.2 Å². The second kappa shape index (κ2) is 7.28. The number of hydrogen-bond donors (Lipinski definition) is 1. The third-order valence-electron chi connectivity index (χ3n) is 5.74. The van der Waals surface area contributed by atoms with Crippen molar-refractivity contribution < 1.29 is 14.6 Å². The molecule has 2 aliphatic heterocycles. The third-order valence-corrected chi connectivity index (χ3v) is 6.23. The average Bonchev–Trinajstić information content (AvgIpc) is 3.14. The van der Waals surface area contributed by atoms with E-state index >= 15 is 0 Å². The molecule has 31 heavy (non-hydrogen) atoms. The van der Waals surface area contributed by atoms with Crippen LogP contribution in [-0.4, -0.2) is 20.6 Å². The quantitative estimate of drug-likeness (QED) is 0.262. The molecule has 1 atom stereocenters. The number of pyridine rings is 2. The zero-order valence-electron chi connectivity index (χ0n) is 17.0. The fourth-order valence-electron chi connectivity index (χ4n) is 4.31. The monoisotopic (exact) mass is 478 g/mol. The number of carbonyl (C=O) groups is 1. The molecule has 0 bridgehead atoms. The maximum atomic E-state index is 13.0. The van der Waals surface area contributed by atoms with Crippen molar-refractivity contribution in [2.75, 3.05) is 0 Å². The molecular formula is C24H19BrN2O4. The van der Waals surface area contributed by atoms with Crippen molar-refractivity contribution in [3.63, 3.8) is 0 Å². The van der Waals surface area contributed by atoms with Gasteiger partial charge in [0.15, 0.2) is 6.10 Å². The minimum absolute atomic E-state index is 0.115. The first-order valence-corrected chi connectivity index (χ1v) is 10.9. The smallest absolute Gasteiger partial charge is 0.340 e. The number of aliphatic hydroxyl groups is 1. The van der Waals surface area contributed by atoms with E-state index in [1.165, 1.54) is 0 Å². The van der Waals surface area contributed by atoms with Gasteiger partial charge < -0.3 is 14.4 Å². The van der Waals surface area contributed by atoms with Gasteiger partial charge >= 0.3 is 5.97 Å². The zero-order valence-corrected chi connectivity index (χ0v) is 18.6. The van der Waals surface area contributed by atoms with Gasteiger partial charge in [0.1, 0.15) is 6.61 Å². The predicted octanol–water partition coefficient (Wildman–Crippen LogP) is 4.46. The molecule has 0 saturated heterocycles. The lowest BCUT2D eigenvalue weighted by atomic mass is 10.00. The first kappa shape index (κ1) is 19.9. The number of benzene rings is 2. The summed E-state index contributed by atoms with van der Waals surface area (Å²) in [7, 11) is 0. The number of aliphatic hydroxyl groups excluding tert-OH is 1.